The third kappa shape index (κ3) is 6.15. The van der Waals surface area contributed by atoms with Crippen LogP contribution in [0.5, 0.6) is 0 Å². The minimum atomic E-state index is -0.638. The molecule has 0 radical (unpaired) electrons. The average Bonchev–Trinajstić information content (AvgIpc) is 2.71. The lowest BCUT2D eigenvalue weighted by molar-refractivity contribution is -0.156. The lowest BCUT2D eigenvalue weighted by Gasteiger charge is -2.23. The van der Waals surface area contributed by atoms with E-state index < -0.39 is 11.6 Å². The van der Waals surface area contributed by atoms with Crippen LogP contribution in [0.15, 0.2) is 89.9 Å². The topological polar surface area (TPSA) is 38.7 Å². The maximum atomic E-state index is 13.1. The standard InChI is InChI=1S/C27H29NO2/c1-20-12-11-13-21(18-20)19-24(26(29)30-27(2,3)4)28-25(22-14-7-5-8-15-22)23-16-9-6-10-17-23/h5-18,24H,19H2,1-4H3/t24-/m0/s1. The molecule has 0 saturated carbocycles. The molecule has 3 nitrogen and oxygen atoms in total. The van der Waals surface area contributed by atoms with Crippen molar-refractivity contribution < 1.29 is 9.53 Å². The monoisotopic (exact) mass is 399 g/mol. The van der Waals surface area contributed by atoms with Crippen molar-refractivity contribution in [2.75, 3.05) is 0 Å². The number of aryl methyl sites for hydroxylation is 1. The first-order valence-electron chi connectivity index (χ1n) is 10.3. The summed E-state index contributed by atoms with van der Waals surface area (Å²) in [5.41, 5.74) is 4.39. The normalized spacial score (nSPS) is 12.1. The van der Waals surface area contributed by atoms with Crippen molar-refractivity contribution in [3.63, 3.8) is 0 Å². The second kappa shape index (κ2) is 9.53. The predicted molar refractivity (Wildman–Crippen MR) is 123 cm³/mol. The Morgan fingerprint density at radius 2 is 1.43 bits per heavy atom. The summed E-state index contributed by atoms with van der Waals surface area (Å²) in [6, 6.07) is 27.5. The Hall–Kier alpha value is -3.20. The van der Waals surface area contributed by atoms with E-state index in [4.69, 9.17) is 9.73 Å². The van der Waals surface area contributed by atoms with Gasteiger partial charge in [-0.05, 0) is 33.3 Å². The van der Waals surface area contributed by atoms with Gasteiger partial charge in [0.15, 0.2) is 6.04 Å². The van der Waals surface area contributed by atoms with Crippen LogP contribution in [0.3, 0.4) is 0 Å². The molecule has 3 aromatic rings. The van der Waals surface area contributed by atoms with Gasteiger partial charge in [-0.1, -0.05) is 90.5 Å². The van der Waals surface area contributed by atoms with Crippen molar-refractivity contribution in [2.45, 2.75) is 45.8 Å². The SMILES string of the molecule is Cc1cccc(C[C@H](N=C(c2ccccc2)c2ccccc2)C(=O)OC(C)(C)C)c1. The molecule has 0 aromatic heterocycles. The summed E-state index contributed by atoms with van der Waals surface area (Å²) in [4.78, 5) is 18.1. The molecule has 0 saturated heterocycles. The van der Waals surface area contributed by atoms with Gasteiger partial charge in [0, 0.05) is 17.5 Å². The molecule has 3 rings (SSSR count). The quantitative estimate of drug-likeness (QED) is 0.389. The molecule has 0 unspecified atom stereocenters. The number of carbonyl (C=O) groups is 1. The highest BCUT2D eigenvalue weighted by molar-refractivity contribution is 6.13. The van der Waals surface area contributed by atoms with Gasteiger partial charge in [-0.3, -0.25) is 4.99 Å². The van der Waals surface area contributed by atoms with E-state index >= 15 is 0 Å². The van der Waals surface area contributed by atoms with Crippen LogP contribution in [0, 0.1) is 6.92 Å². The van der Waals surface area contributed by atoms with Crippen molar-refractivity contribution in [3.8, 4) is 0 Å². The minimum Gasteiger partial charge on any atom is -0.458 e. The summed E-state index contributed by atoms with van der Waals surface area (Å²) < 4.78 is 5.73. The summed E-state index contributed by atoms with van der Waals surface area (Å²) in [5.74, 6) is -0.312. The summed E-state index contributed by atoms with van der Waals surface area (Å²) in [6.07, 6.45) is 0.486. The fourth-order valence-corrected chi connectivity index (χ4v) is 3.28. The maximum Gasteiger partial charge on any atom is 0.331 e. The Morgan fingerprint density at radius 1 is 0.867 bits per heavy atom. The highest BCUT2D eigenvalue weighted by Crippen LogP contribution is 2.18. The van der Waals surface area contributed by atoms with E-state index in [2.05, 4.69) is 19.1 Å². The van der Waals surface area contributed by atoms with Crippen LogP contribution in [0.25, 0.3) is 0 Å². The molecule has 154 valence electrons. The number of hydrogen-bond donors (Lipinski definition) is 0. The molecule has 30 heavy (non-hydrogen) atoms. The Labute approximate surface area is 179 Å². The van der Waals surface area contributed by atoms with Gasteiger partial charge in [0.05, 0.1) is 5.71 Å². The Kier molecular flexibility index (Phi) is 6.83. The molecule has 1 atom stereocenters. The van der Waals surface area contributed by atoms with Gasteiger partial charge in [-0.25, -0.2) is 4.79 Å². The largest absolute Gasteiger partial charge is 0.458 e. The molecule has 0 aliphatic carbocycles. The van der Waals surface area contributed by atoms with Gasteiger partial charge in [0.2, 0.25) is 0 Å². The van der Waals surface area contributed by atoms with E-state index in [1.807, 2.05) is 93.6 Å². The third-order valence-corrected chi connectivity index (χ3v) is 4.57. The van der Waals surface area contributed by atoms with Gasteiger partial charge in [0.25, 0.3) is 0 Å². The zero-order valence-corrected chi connectivity index (χ0v) is 18.1. The van der Waals surface area contributed by atoms with Crippen molar-refractivity contribution in [2.24, 2.45) is 4.99 Å². The number of aliphatic imine (C=N–C) groups is 1. The van der Waals surface area contributed by atoms with E-state index in [1.165, 1.54) is 0 Å². The van der Waals surface area contributed by atoms with Crippen molar-refractivity contribution in [1.82, 2.24) is 0 Å². The van der Waals surface area contributed by atoms with Crippen LogP contribution in [0.2, 0.25) is 0 Å². The van der Waals surface area contributed by atoms with Crippen LogP contribution >= 0.6 is 0 Å². The van der Waals surface area contributed by atoms with E-state index in [9.17, 15) is 4.79 Å². The summed E-state index contributed by atoms with van der Waals surface area (Å²) in [7, 11) is 0. The molecular formula is C27H29NO2. The number of esters is 1. The molecule has 0 amide bonds. The Balaban J connectivity index is 2.06. The van der Waals surface area contributed by atoms with Crippen molar-refractivity contribution in [1.29, 1.82) is 0 Å². The van der Waals surface area contributed by atoms with Crippen LogP contribution in [0.4, 0.5) is 0 Å². The van der Waals surface area contributed by atoms with Crippen molar-refractivity contribution >= 4 is 11.7 Å². The van der Waals surface area contributed by atoms with Crippen LogP contribution < -0.4 is 0 Å². The van der Waals surface area contributed by atoms with Gasteiger partial charge in [0.1, 0.15) is 5.60 Å². The zero-order chi connectivity index (χ0) is 21.6. The first kappa shape index (κ1) is 21.5. The van der Waals surface area contributed by atoms with E-state index in [-0.39, 0.29) is 5.97 Å². The molecule has 0 fully saturated rings. The van der Waals surface area contributed by atoms with E-state index in [0.717, 1.165) is 28.0 Å². The highest BCUT2D eigenvalue weighted by Gasteiger charge is 2.26. The molecule has 0 N–H and O–H groups in total. The summed E-state index contributed by atoms with van der Waals surface area (Å²) in [6.45, 7) is 7.70. The molecular weight excluding hydrogens is 370 g/mol. The molecule has 0 aliphatic rings. The lowest BCUT2D eigenvalue weighted by Crippen LogP contribution is -2.33. The van der Waals surface area contributed by atoms with Crippen LogP contribution in [-0.2, 0) is 16.0 Å². The molecule has 0 aliphatic heterocycles. The maximum absolute atomic E-state index is 13.1. The van der Waals surface area contributed by atoms with E-state index in [1.54, 1.807) is 0 Å². The Morgan fingerprint density at radius 3 is 1.93 bits per heavy atom. The number of benzene rings is 3. The molecule has 0 bridgehead atoms. The molecule has 0 heterocycles. The van der Waals surface area contributed by atoms with Crippen molar-refractivity contribution in [3.05, 3.63) is 107 Å². The van der Waals surface area contributed by atoms with Gasteiger partial charge < -0.3 is 4.74 Å². The number of rotatable bonds is 6. The van der Waals surface area contributed by atoms with Crippen LogP contribution in [0.1, 0.15) is 43.0 Å². The van der Waals surface area contributed by atoms with E-state index in [0.29, 0.717) is 6.42 Å². The summed E-state index contributed by atoms with van der Waals surface area (Å²) >= 11 is 0. The molecule has 3 aromatic carbocycles. The first-order valence-corrected chi connectivity index (χ1v) is 10.3. The second-order valence-corrected chi connectivity index (χ2v) is 8.45. The molecule has 3 heteroatoms. The fourth-order valence-electron chi connectivity index (χ4n) is 3.28. The minimum absolute atomic E-state index is 0.312. The van der Waals surface area contributed by atoms with Gasteiger partial charge >= 0.3 is 5.97 Å². The van der Waals surface area contributed by atoms with Gasteiger partial charge in [-0.2, -0.15) is 0 Å². The third-order valence-electron chi connectivity index (χ3n) is 4.57. The number of carbonyl (C=O) groups excluding carboxylic acids is 1. The van der Waals surface area contributed by atoms with Crippen LogP contribution in [-0.4, -0.2) is 23.3 Å². The fraction of sp³-hybridized carbons (Fsp3) is 0.259. The average molecular weight is 400 g/mol. The molecule has 0 spiro atoms. The predicted octanol–water partition coefficient (Wildman–Crippen LogP) is 5.79. The number of nitrogens with zero attached hydrogens (tertiary/aromatic N) is 1. The summed E-state index contributed by atoms with van der Waals surface area (Å²) in [5, 5.41) is 0. The highest BCUT2D eigenvalue weighted by atomic mass is 16.6. The number of ether oxygens (including phenoxy) is 1. The van der Waals surface area contributed by atoms with Gasteiger partial charge in [-0.15, -0.1) is 0 Å². The Bertz CT molecular complexity index is 960. The number of hydrogen-bond acceptors (Lipinski definition) is 3. The first-order chi connectivity index (χ1) is 14.3. The smallest absolute Gasteiger partial charge is 0.331 e. The lowest BCUT2D eigenvalue weighted by atomic mass is 10.00. The second-order valence-electron chi connectivity index (χ2n) is 8.45. The zero-order valence-electron chi connectivity index (χ0n) is 18.1.